The van der Waals surface area contributed by atoms with E-state index in [1.54, 1.807) is 35.7 Å². The van der Waals surface area contributed by atoms with Crippen LogP contribution < -0.4 is 10.6 Å². The summed E-state index contributed by atoms with van der Waals surface area (Å²) in [6.45, 7) is 4.64. The number of thiazole rings is 1. The van der Waals surface area contributed by atoms with Crippen LogP contribution in [0.5, 0.6) is 0 Å². The Balaban J connectivity index is 1.43. The van der Waals surface area contributed by atoms with E-state index in [9.17, 15) is 18.0 Å². The smallest absolute Gasteiger partial charge is 0.363 e. The van der Waals surface area contributed by atoms with E-state index < -0.39 is 11.7 Å². The molecule has 10 heteroatoms. The molecule has 0 radical (unpaired) electrons. The zero-order valence-corrected chi connectivity index (χ0v) is 21.4. The molecule has 0 saturated carbocycles. The number of para-hydroxylation sites is 1. The summed E-state index contributed by atoms with van der Waals surface area (Å²) in [7, 11) is 0. The van der Waals surface area contributed by atoms with Crippen LogP contribution in [0, 0.1) is 0 Å². The Morgan fingerprint density at radius 1 is 1.17 bits per heavy atom. The minimum absolute atomic E-state index is 0.263. The standard InChI is InChI=1S/C26H27F3N4OS2/c1-2-12-30-25(35)33-13-10-17(11-14-33)24-32-22(16-36-24)23(34)31-21-9-4-3-8-20(21)18-6-5-7-19(15-18)26(27,28)29/h3-9,15-17H,2,10-14H2,1H3,(H,30,35)(H,31,34). The van der Waals surface area contributed by atoms with Gasteiger partial charge in [-0.2, -0.15) is 13.2 Å². The fourth-order valence-corrected chi connectivity index (χ4v) is 5.40. The lowest BCUT2D eigenvalue weighted by Crippen LogP contribution is -2.44. The first-order chi connectivity index (χ1) is 17.3. The maximum absolute atomic E-state index is 13.2. The molecule has 190 valence electrons. The monoisotopic (exact) mass is 532 g/mol. The van der Waals surface area contributed by atoms with Crippen LogP contribution in [0.4, 0.5) is 18.9 Å². The van der Waals surface area contributed by atoms with Crippen LogP contribution in [0.3, 0.4) is 0 Å². The van der Waals surface area contributed by atoms with Crippen LogP contribution in [0.2, 0.25) is 0 Å². The molecule has 1 aliphatic heterocycles. The summed E-state index contributed by atoms with van der Waals surface area (Å²) in [6.07, 6.45) is -1.62. The normalized spacial score (nSPS) is 14.5. The minimum atomic E-state index is -4.45. The van der Waals surface area contributed by atoms with Crippen molar-refractivity contribution in [3.63, 3.8) is 0 Å². The third-order valence-corrected chi connectivity index (χ3v) is 7.50. The number of hydrogen-bond donors (Lipinski definition) is 2. The summed E-state index contributed by atoms with van der Waals surface area (Å²) < 4.78 is 39.6. The molecule has 1 fully saturated rings. The van der Waals surface area contributed by atoms with Crippen molar-refractivity contribution in [2.24, 2.45) is 0 Å². The van der Waals surface area contributed by atoms with Gasteiger partial charge in [0.05, 0.1) is 10.6 Å². The maximum atomic E-state index is 13.2. The SMILES string of the molecule is CCCNC(=S)N1CCC(c2nc(C(=O)Nc3ccccc3-c3cccc(C(F)(F)F)c3)cs2)CC1. The van der Waals surface area contributed by atoms with Crippen LogP contribution in [-0.4, -0.2) is 40.5 Å². The summed E-state index contributed by atoms with van der Waals surface area (Å²) in [6, 6.07) is 11.9. The Kier molecular flexibility index (Phi) is 8.25. The Hall–Kier alpha value is -2.98. The van der Waals surface area contributed by atoms with E-state index >= 15 is 0 Å². The Bertz CT molecular complexity index is 1220. The first-order valence-electron chi connectivity index (χ1n) is 11.8. The third-order valence-electron chi connectivity index (χ3n) is 6.09. The lowest BCUT2D eigenvalue weighted by atomic mass is 9.98. The van der Waals surface area contributed by atoms with E-state index in [0.717, 1.165) is 61.1 Å². The molecule has 0 spiro atoms. The summed E-state index contributed by atoms with van der Waals surface area (Å²) in [5, 5.41) is 9.53. The average molecular weight is 533 g/mol. The van der Waals surface area contributed by atoms with Crippen molar-refractivity contribution in [1.29, 1.82) is 0 Å². The summed E-state index contributed by atoms with van der Waals surface area (Å²) in [4.78, 5) is 19.7. The molecule has 3 aromatic rings. The number of nitrogens with zero attached hydrogens (tertiary/aromatic N) is 2. The number of anilines is 1. The summed E-state index contributed by atoms with van der Waals surface area (Å²) in [5.74, 6) is -0.126. The van der Waals surface area contributed by atoms with E-state index in [4.69, 9.17) is 12.2 Å². The van der Waals surface area contributed by atoms with Gasteiger partial charge in [0.1, 0.15) is 5.69 Å². The van der Waals surface area contributed by atoms with Gasteiger partial charge in [-0.25, -0.2) is 4.98 Å². The second-order valence-electron chi connectivity index (χ2n) is 8.64. The average Bonchev–Trinajstić information content (AvgIpc) is 3.38. The number of hydrogen-bond acceptors (Lipinski definition) is 4. The fraction of sp³-hybridized carbons (Fsp3) is 0.346. The molecule has 1 aromatic heterocycles. The first-order valence-corrected chi connectivity index (χ1v) is 13.1. The molecule has 0 aliphatic carbocycles. The predicted molar refractivity (Wildman–Crippen MR) is 141 cm³/mol. The largest absolute Gasteiger partial charge is 0.416 e. The van der Waals surface area contributed by atoms with E-state index in [1.165, 1.54) is 17.4 Å². The molecule has 1 aliphatic rings. The van der Waals surface area contributed by atoms with Crippen molar-refractivity contribution in [3.8, 4) is 11.1 Å². The maximum Gasteiger partial charge on any atom is 0.416 e. The number of nitrogens with one attached hydrogen (secondary N) is 2. The van der Waals surface area contributed by atoms with Crippen LogP contribution in [0.15, 0.2) is 53.9 Å². The van der Waals surface area contributed by atoms with E-state index in [1.807, 2.05) is 0 Å². The number of carbonyl (C=O) groups excluding carboxylic acids is 1. The summed E-state index contributed by atoms with van der Waals surface area (Å²) >= 11 is 6.92. The molecule has 0 atom stereocenters. The lowest BCUT2D eigenvalue weighted by Gasteiger charge is -2.33. The molecule has 1 saturated heterocycles. The van der Waals surface area contributed by atoms with Crippen LogP contribution in [0.25, 0.3) is 11.1 Å². The minimum Gasteiger partial charge on any atom is -0.363 e. The molecule has 2 aromatic carbocycles. The first kappa shape index (κ1) is 26.1. The molecule has 2 heterocycles. The van der Waals surface area contributed by atoms with Gasteiger partial charge in [0.25, 0.3) is 5.91 Å². The Labute approximate surface area is 217 Å². The molecule has 0 unspecified atom stereocenters. The van der Waals surface area contributed by atoms with Crippen molar-refractivity contribution >= 4 is 40.3 Å². The topological polar surface area (TPSA) is 57.3 Å². The molecule has 0 bridgehead atoms. The van der Waals surface area contributed by atoms with Crippen LogP contribution >= 0.6 is 23.6 Å². The Morgan fingerprint density at radius 3 is 2.64 bits per heavy atom. The molecular weight excluding hydrogens is 505 g/mol. The van der Waals surface area contributed by atoms with Gasteiger partial charge in [-0.1, -0.05) is 37.3 Å². The highest BCUT2D eigenvalue weighted by Crippen LogP contribution is 2.35. The van der Waals surface area contributed by atoms with Gasteiger partial charge in [-0.15, -0.1) is 11.3 Å². The number of halogens is 3. The van der Waals surface area contributed by atoms with Gasteiger partial charge in [0.15, 0.2) is 5.11 Å². The van der Waals surface area contributed by atoms with Gasteiger partial charge in [-0.05, 0) is 55.2 Å². The molecule has 1 amide bonds. The highest BCUT2D eigenvalue weighted by Gasteiger charge is 2.30. The number of piperidine rings is 1. The number of amides is 1. The number of thiocarbonyl (C=S) groups is 1. The third kappa shape index (κ3) is 6.22. The molecule has 5 nitrogen and oxygen atoms in total. The van der Waals surface area contributed by atoms with Gasteiger partial charge in [0, 0.05) is 42.2 Å². The van der Waals surface area contributed by atoms with E-state index in [0.29, 0.717) is 22.5 Å². The predicted octanol–water partition coefficient (Wildman–Crippen LogP) is 6.55. The molecular formula is C26H27F3N4OS2. The van der Waals surface area contributed by atoms with Crippen molar-refractivity contribution in [1.82, 2.24) is 15.2 Å². The fourth-order valence-electron chi connectivity index (χ4n) is 4.15. The zero-order chi connectivity index (χ0) is 25.7. The lowest BCUT2D eigenvalue weighted by molar-refractivity contribution is -0.137. The number of carbonyl (C=O) groups is 1. The number of benzene rings is 2. The van der Waals surface area contributed by atoms with Crippen molar-refractivity contribution < 1.29 is 18.0 Å². The van der Waals surface area contributed by atoms with E-state index in [2.05, 4.69) is 27.4 Å². The van der Waals surface area contributed by atoms with E-state index in [-0.39, 0.29) is 11.8 Å². The molecule has 4 rings (SSSR count). The number of likely N-dealkylation sites (tertiary alicyclic amines) is 1. The number of aromatic nitrogens is 1. The zero-order valence-electron chi connectivity index (χ0n) is 19.8. The second kappa shape index (κ2) is 11.4. The highest BCUT2D eigenvalue weighted by molar-refractivity contribution is 7.80. The van der Waals surface area contributed by atoms with Gasteiger partial charge >= 0.3 is 6.18 Å². The second-order valence-corrected chi connectivity index (χ2v) is 9.92. The Morgan fingerprint density at radius 2 is 1.92 bits per heavy atom. The van der Waals surface area contributed by atoms with Crippen molar-refractivity contribution in [2.45, 2.75) is 38.3 Å². The molecule has 2 N–H and O–H groups in total. The van der Waals surface area contributed by atoms with Gasteiger partial charge in [0.2, 0.25) is 0 Å². The summed E-state index contributed by atoms with van der Waals surface area (Å²) in [5.41, 5.74) is 0.873. The number of rotatable bonds is 6. The van der Waals surface area contributed by atoms with Gasteiger partial charge in [-0.3, -0.25) is 4.79 Å². The van der Waals surface area contributed by atoms with Crippen molar-refractivity contribution in [3.05, 3.63) is 70.2 Å². The highest BCUT2D eigenvalue weighted by atomic mass is 32.1. The van der Waals surface area contributed by atoms with Crippen LogP contribution in [0.1, 0.15) is 53.2 Å². The van der Waals surface area contributed by atoms with Crippen molar-refractivity contribution in [2.75, 3.05) is 25.0 Å². The quantitative estimate of drug-likeness (QED) is 0.353. The van der Waals surface area contributed by atoms with Crippen LogP contribution in [-0.2, 0) is 6.18 Å². The van der Waals surface area contributed by atoms with Gasteiger partial charge < -0.3 is 15.5 Å². The molecule has 36 heavy (non-hydrogen) atoms. The number of alkyl halides is 3.